The third-order valence-corrected chi connectivity index (χ3v) is 4.34. The number of hydrogen-bond donors (Lipinski definition) is 2. The van der Waals surface area contributed by atoms with Gasteiger partial charge in [0.25, 0.3) is 0 Å². The first-order chi connectivity index (χ1) is 7.66. The molecule has 5 heteroatoms. The maximum Gasteiger partial charge on any atom is 0.320 e. The molecule has 0 saturated heterocycles. The molecule has 2 rings (SSSR count). The van der Waals surface area contributed by atoms with E-state index < -0.39 is 12.0 Å². The molecule has 0 saturated carbocycles. The van der Waals surface area contributed by atoms with Gasteiger partial charge in [-0.3, -0.25) is 4.79 Å². The first-order valence-electron chi connectivity index (χ1n) is 4.78. The molecule has 1 atom stereocenters. The Morgan fingerprint density at radius 3 is 2.81 bits per heavy atom. The second-order valence-electron chi connectivity index (χ2n) is 3.39. The molecule has 0 aliphatic heterocycles. The third kappa shape index (κ3) is 2.49. The Hall–Kier alpha value is -1.17. The smallest absolute Gasteiger partial charge is 0.320 e. The molecule has 3 nitrogen and oxygen atoms in total. The number of hydrogen-bond acceptors (Lipinski definition) is 4. The molecule has 2 heterocycles. The van der Waals surface area contributed by atoms with Gasteiger partial charge in [-0.1, -0.05) is 6.07 Å². The van der Waals surface area contributed by atoms with Crippen molar-refractivity contribution in [1.29, 1.82) is 0 Å². The highest BCUT2D eigenvalue weighted by Crippen LogP contribution is 2.31. The fourth-order valence-corrected chi connectivity index (χ4v) is 3.24. The Labute approximate surface area is 101 Å². The molecule has 0 bridgehead atoms. The minimum absolute atomic E-state index is 0.394. The van der Waals surface area contributed by atoms with Crippen molar-refractivity contribution in [2.75, 3.05) is 0 Å². The van der Waals surface area contributed by atoms with E-state index in [0.717, 1.165) is 4.88 Å². The van der Waals surface area contributed by atoms with Gasteiger partial charge in [-0.15, -0.1) is 22.7 Å². The minimum Gasteiger partial charge on any atom is -0.480 e. The van der Waals surface area contributed by atoms with Crippen molar-refractivity contribution in [3.05, 3.63) is 34.5 Å². The van der Waals surface area contributed by atoms with Gasteiger partial charge in [-0.05, 0) is 23.6 Å². The molecule has 16 heavy (non-hydrogen) atoms. The quantitative estimate of drug-likeness (QED) is 0.879. The SMILES string of the molecule is NC(Cc1ccc(-c2cccs2)s1)C(=O)O. The normalized spacial score (nSPS) is 12.6. The Bertz CT molecular complexity index is 476. The number of aliphatic carboxylic acids is 1. The van der Waals surface area contributed by atoms with Crippen molar-refractivity contribution in [1.82, 2.24) is 0 Å². The third-order valence-electron chi connectivity index (χ3n) is 2.16. The van der Waals surface area contributed by atoms with Crippen LogP contribution in [0.4, 0.5) is 0 Å². The van der Waals surface area contributed by atoms with Crippen LogP contribution in [0.25, 0.3) is 9.75 Å². The van der Waals surface area contributed by atoms with Crippen molar-refractivity contribution in [3.63, 3.8) is 0 Å². The van der Waals surface area contributed by atoms with Crippen molar-refractivity contribution < 1.29 is 9.90 Å². The van der Waals surface area contributed by atoms with E-state index in [1.54, 1.807) is 22.7 Å². The van der Waals surface area contributed by atoms with Crippen LogP contribution in [0, 0.1) is 0 Å². The van der Waals surface area contributed by atoms with Crippen LogP contribution in [0.15, 0.2) is 29.6 Å². The van der Waals surface area contributed by atoms with Crippen LogP contribution in [0.2, 0.25) is 0 Å². The van der Waals surface area contributed by atoms with E-state index in [2.05, 4.69) is 6.07 Å². The van der Waals surface area contributed by atoms with E-state index in [0.29, 0.717) is 6.42 Å². The first kappa shape index (κ1) is 11.3. The molecule has 0 radical (unpaired) electrons. The highest BCUT2D eigenvalue weighted by Gasteiger charge is 2.13. The first-order valence-corrected chi connectivity index (χ1v) is 6.47. The van der Waals surface area contributed by atoms with Crippen LogP contribution >= 0.6 is 22.7 Å². The van der Waals surface area contributed by atoms with E-state index in [4.69, 9.17) is 10.8 Å². The maximum atomic E-state index is 10.6. The average Bonchev–Trinajstić information content (AvgIpc) is 2.85. The number of thiophene rings is 2. The molecule has 0 aliphatic rings. The Morgan fingerprint density at radius 1 is 1.38 bits per heavy atom. The summed E-state index contributed by atoms with van der Waals surface area (Å²) in [5.74, 6) is -0.953. The predicted octanol–water partition coefficient (Wildman–Crippen LogP) is 2.43. The van der Waals surface area contributed by atoms with Crippen molar-refractivity contribution in [2.24, 2.45) is 5.73 Å². The zero-order valence-corrected chi connectivity index (χ0v) is 10.1. The van der Waals surface area contributed by atoms with Crippen LogP contribution in [-0.2, 0) is 11.2 Å². The zero-order chi connectivity index (χ0) is 11.5. The van der Waals surface area contributed by atoms with Crippen LogP contribution in [-0.4, -0.2) is 17.1 Å². The van der Waals surface area contributed by atoms with E-state index in [1.165, 1.54) is 9.75 Å². The van der Waals surface area contributed by atoms with Gasteiger partial charge in [0, 0.05) is 21.1 Å². The molecular formula is C11H11NO2S2. The van der Waals surface area contributed by atoms with Gasteiger partial charge in [-0.25, -0.2) is 0 Å². The lowest BCUT2D eigenvalue weighted by Crippen LogP contribution is -2.31. The fourth-order valence-electron chi connectivity index (χ4n) is 1.34. The molecule has 0 aliphatic carbocycles. The second kappa shape index (κ2) is 4.78. The van der Waals surface area contributed by atoms with Gasteiger partial charge in [0.1, 0.15) is 6.04 Å². The van der Waals surface area contributed by atoms with Gasteiger partial charge in [0.15, 0.2) is 0 Å². The van der Waals surface area contributed by atoms with Crippen LogP contribution in [0.3, 0.4) is 0 Å². The summed E-state index contributed by atoms with van der Waals surface area (Å²) in [6, 6.07) is 7.21. The monoisotopic (exact) mass is 253 g/mol. The second-order valence-corrected chi connectivity index (χ2v) is 5.51. The topological polar surface area (TPSA) is 63.3 Å². The summed E-state index contributed by atoms with van der Waals surface area (Å²) in [5.41, 5.74) is 5.49. The number of rotatable bonds is 4. The molecule has 0 aromatic carbocycles. The van der Waals surface area contributed by atoms with Crippen molar-refractivity contribution in [3.8, 4) is 9.75 Å². The Kier molecular flexibility index (Phi) is 3.38. The van der Waals surface area contributed by atoms with Crippen molar-refractivity contribution in [2.45, 2.75) is 12.5 Å². The fraction of sp³-hybridized carbons (Fsp3) is 0.182. The van der Waals surface area contributed by atoms with Crippen LogP contribution in [0.1, 0.15) is 4.88 Å². The van der Waals surface area contributed by atoms with Gasteiger partial charge < -0.3 is 10.8 Å². The van der Waals surface area contributed by atoms with E-state index in [-0.39, 0.29) is 0 Å². The predicted molar refractivity (Wildman–Crippen MR) is 66.9 cm³/mol. The number of carboxylic acids is 1. The van der Waals surface area contributed by atoms with Crippen molar-refractivity contribution >= 4 is 28.6 Å². The zero-order valence-electron chi connectivity index (χ0n) is 8.42. The van der Waals surface area contributed by atoms with E-state index in [1.807, 2.05) is 23.6 Å². The van der Waals surface area contributed by atoms with Crippen LogP contribution < -0.4 is 5.73 Å². The number of carboxylic acid groups (broad SMARTS) is 1. The summed E-state index contributed by atoms with van der Waals surface area (Å²) in [6.07, 6.45) is 0.394. The molecule has 1 unspecified atom stereocenters. The van der Waals surface area contributed by atoms with E-state index in [9.17, 15) is 4.79 Å². The molecule has 3 N–H and O–H groups in total. The average molecular weight is 253 g/mol. The summed E-state index contributed by atoms with van der Waals surface area (Å²) >= 11 is 3.28. The summed E-state index contributed by atoms with van der Waals surface area (Å²) in [6.45, 7) is 0. The van der Waals surface area contributed by atoms with Gasteiger partial charge >= 0.3 is 5.97 Å². The lowest BCUT2D eigenvalue weighted by Gasteiger charge is -2.02. The standard InChI is InChI=1S/C11H11NO2S2/c12-8(11(13)14)6-7-3-4-10(16-7)9-2-1-5-15-9/h1-5,8H,6,12H2,(H,13,14). The summed E-state index contributed by atoms with van der Waals surface area (Å²) < 4.78 is 0. The maximum absolute atomic E-state index is 10.6. The summed E-state index contributed by atoms with van der Waals surface area (Å²) in [5, 5.41) is 10.7. The molecule has 84 valence electrons. The number of carbonyl (C=O) groups is 1. The molecule has 0 spiro atoms. The largest absolute Gasteiger partial charge is 0.480 e. The van der Waals surface area contributed by atoms with Gasteiger partial charge in [-0.2, -0.15) is 0 Å². The minimum atomic E-state index is -0.953. The molecule has 0 fully saturated rings. The van der Waals surface area contributed by atoms with Gasteiger partial charge in [0.05, 0.1) is 0 Å². The summed E-state index contributed by atoms with van der Waals surface area (Å²) in [7, 11) is 0. The molecule has 2 aromatic rings. The summed E-state index contributed by atoms with van der Waals surface area (Å²) in [4.78, 5) is 14.0. The van der Waals surface area contributed by atoms with Crippen LogP contribution in [0.5, 0.6) is 0 Å². The Balaban J connectivity index is 2.11. The lowest BCUT2D eigenvalue weighted by atomic mass is 10.2. The Morgan fingerprint density at radius 2 is 2.19 bits per heavy atom. The molecule has 2 aromatic heterocycles. The highest BCUT2D eigenvalue weighted by molar-refractivity contribution is 7.21. The van der Waals surface area contributed by atoms with Gasteiger partial charge in [0.2, 0.25) is 0 Å². The molecule has 0 amide bonds. The van der Waals surface area contributed by atoms with E-state index >= 15 is 0 Å². The highest BCUT2D eigenvalue weighted by atomic mass is 32.1. The number of nitrogens with two attached hydrogens (primary N) is 1. The lowest BCUT2D eigenvalue weighted by molar-refractivity contribution is -0.138. The molecular weight excluding hydrogens is 242 g/mol.